The summed E-state index contributed by atoms with van der Waals surface area (Å²) in [6.45, 7) is 0. The molecule has 1 aliphatic rings. The number of nitrogens with zero attached hydrogens (tertiary/aromatic N) is 1. The summed E-state index contributed by atoms with van der Waals surface area (Å²) in [7, 11) is 1.31. The van der Waals surface area contributed by atoms with Crippen LogP contribution in [0.1, 0.15) is 37.2 Å². The minimum atomic E-state index is -0.606. The van der Waals surface area contributed by atoms with E-state index in [1.165, 1.54) is 18.7 Å². The zero-order chi connectivity index (χ0) is 14.5. The minimum absolute atomic E-state index is 0.0264. The van der Waals surface area contributed by atoms with Crippen LogP contribution in [-0.2, 0) is 9.53 Å². The standard InChI is InChI=1S/C15H17NO4/c1-20-15(17)13(10-11-6-2-3-7-11)12-8-4-5-9-14(12)16(18)19/h4-6,8-9,13H,2-3,7,10H2,1H3/t13-/m1/s1. The third-order valence-electron chi connectivity index (χ3n) is 3.60. The van der Waals surface area contributed by atoms with E-state index in [1.807, 2.05) is 0 Å². The smallest absolute Gasteiger partial charge is 0.313 e. The molecule has 0 N–H and O–H groups in total. The lowest BCUT2D eigenvalue weighted by Gasteiger charge is -2.15. The fourth-order valence-electron chi connectivity index (χ4n) is 2.60. The van der Waals surface area contributed by atoms with Crippen LogP contribution < -0.4 is 0 Å². The van der Waals surface area contributed by atoms with E-state index in [-0.39, 0.29) is 5.69 Å². The first-order valence-electron chi connectivity index (χ1n) is 6.62. The Morgan fingerprint density at radius 3 is 2.80 bits per heavy atom. The number of carbonyl (C=O) groups is 1. The van der Waals surface area contributed by atoms with E-state index in [0.717, 1.165) is 19.3 Å². The molecule has 0 spiro atoms. The van der Waals surface area contributed by atoms with Crippen molar-refractivity contribution in [1.29, 1.82) is 0 Å². The van der Waals surface area contributed by atoms with Crippen molar-refractivity contribution in [3.8, 4) is 0 Å². The monoisotopic (exact) mass is 275 g/mol. The van der Waals surface area contributed by atoms with E-state index < -0.39 is 16.8 Å². The molecule has 0 amide bonds. The Kier molecular flexibility index (Phi) is 4.50. The van der Waals surface area contributed by atoms with Gasteiger partial charge in [-0.25, -0.2) is 0 Å². The van der Waals surface area contributed by atoms with Crippen LogP contribution in [0.5, 0.6) is 0 Å². The summed E-state index contributed by atoms with van der Waals surface area (Å²) in [5.41, 5.74) is 1.58. The van der Waals surface area contributed by atoms with Crippen LogP contribution in [0.25, 0.3) is 0 Å². The van der Waals surface area contributed by atoms with Gasteiger partial charge in [-0.15, -0.1) is 0 Å². The van der Waals surface area contributed by atoms with Crippen molar-refractivity contribution in [2.75, 3.05) is 7.11 Å². The van der Waals surface area contributed by atoms with Gasteiger partial charge in [-0.05, 0) is 25.7 Å². The van der Waals surface area contributed by atoms with Crippen molar-refractivity contribution in [2.45, 2.75) is 31.6 Å². The van der Waals surface area contributed by atoms with Crippen LogP contribution in [0, 0.1) is 10.1 Å². The molecule has 0 fully saturated rings. The van der Waals surface area contributed by atoms with Crippen LogP contribution in [0.3, 0.4) is 0 Å². The summed E-state index contributed by atoms with van der Waals surface area (Å²) in [6, 6.07) is 6.37. The molecule has 5 heteroatoms. The van der Waals surface area contributed by atoms with Gasteiger partial charge in [-0.1, -0.05) is 29.8 Å². The maximum Gasteiger partial charge on any atom is 0.313 e. The summed E-state index contributed by atoms with van der Waals surface area (Å²) >= 11 is 0. The van der Waals surface area contributed by atoms with Gasteiger partial charge < -0.3 is 4.74 Å². The second kappa shape index (κ2) is 6.32. The second-order valence-electron chi connectivity index (χ2n) is 4.85. The van der Waals surface area contributed by atoms with Gasteiger partial charge in [0.1, 0.15) is 0 Å². The van der Waals surface area contributed by atoms with E-state index in [9.17, 15) is 14.9 Å². The molecule has 20 heavy (non-hydrogen) atoms. The highest BCUT2D eigenvalue weighted by Gasteiger charge is 2.29. The topological polar surface area (TPSA) is 69.4 Å². The molecular weight excluding hydrogens is 258 g/mol. The lowest BCUT2D eigenvalue weighted by Crippen LogP contribution is -2.16. The number of para-hydroxylation sites is 1. The van der Waals surface area contributed by atoms with Gasteiger partial charge in [-0.2, -0.15) is 0 Å². The normalized spacial score (nSPS) is 15.6. The number of allylic oxidation sites excluding steroid dienone is 2. The first-order valence-corrected chi connectivity index (χ1v) is 6.62. The van der Waals surface area contributed by atoms with Crippen LogP contribution >= 0.6 is 0 Å². The highest BCUT2D eigenvalue weighted by atomic mass is 16.6. The lowest BCUT2D eigenvalue weighted by atomic mass is 9.90. The first-order chi connectivity index (χ1) is 9.63. The number of methoxy groups -OCH3 is 1. The van der Waals surface area contributed by atoms with E-state index in [4.69, 9.17) is 4.74 Å². The van der Waals surface area contributed by atoms with Gasteiger partial charge in [0.25, 0.3) is 5.69 Å². The lowest BCUT2D eigenvalue weighted by molar-refractivity contribution is -0.385. The molecule has 0 saturated heterocycles. The molecule has 0 aliphatic heterocycles. The molecule has 0 bridgehead atoms. The van der Waals surface area contributed by atoms with Gasteiger partial charge in [0.2, 0.25) is 0 Å². The summed E-state index contributed by atoms with van der Waals surface area (Å²) < 4.78 is 4.82. The Morgan fingerprint density at radius 2 is 2.20 bits per heavy atom. The Bertz CT molecular complexity index is 551. The van der Waals surface area contributed by atoms with E-state index in [0.29, 0.717) is 12.0 Å². The zero-order valence-corrected chi connectivity index (χ0v) is 11.4. The summed E-state index contributed by atoms with van der Waals surface area (Å²) in [5.74, 6) is -1.03. The third-order valence-corrected chi connectivity index (χ3v) is 3.60. The molecule has 0 heterocycles. The predicted octanol–water partition coefficient (Wildman–Crippen LogP) is 3.35. The Morgan fingerprint density at radius 1 is 1.45 bits per heavy atom. The average Bonchev–Trinajstić information content (AvgIpc) is 2.97. The highest BCUT2D eigenvalue weighted by molar-refractivity contribution is 5.80. The fraction of sp³-hybridized carbons (Fsp3) is 0.400. The number of rotatable bonds is 5. The largest absolute Gasteiger partial charge is 0.469 e. The molecule has 5 nitrogen and oxygen atoms in total. The van der Waals surface area contributed by atoms with Crippen molar-refractivity contribution >= 4 is 11.7 Å². The number of nitro benzene ring substituents is 1. The van der Waals surface area contributed by atoms with Crippen LogP contribution in [0.2, 0.25) is 0 Å². The van der Waals surface area contributed by atoms with Crippen molar-refractivity contribution < 1.29 is 14.5 Å². The van der Waals surface area contributed by atoms with Crippen LogP contribution in [-0.4, -0.2) is 18.0 Å². The molecular formula is C15H17NO4. The number of ether oxygens (including phenoxy) is 1. The average molecular weight is 275 g/mol. The van der Waals surface area contributed by atoms with Gasteiger partial charge in [-0.3, -0.25) is 14.9 Å². The van der Waals surface area contributed by atoms with Crippen molar-refractivity contribution in [3.63, 3.8) is 0 Å². The number of esters is 1. The van der Waals surface area contributed by atoms with Crippen molar-refractivity contribution in [3.05, 3.63) is 51.6 Å². The number of hydrogen-bond acceptors (Lipinski definition) is 4. The molecule has 106 valence electrons. The summed E-state index contributed by atoms with van der Waals surface area (Å²) in [6.07, 6.45) is 5.66. The van der Waals surface area contributed by atoms with Gasteiger partial charge in [0.05, 0.1) is 18.0 Å². The molecule has 1 aliphatic carbocycles. The summed E-state index contributed by atoms with van der Waals surface area (Å²) in [5, 5.41) is 11.1. The molecule has 2 rings (SSSR count). The molecule has 0 aromatic heterocycles. The van der Waals surface area contributed by atoms with Gasteiger partial charge in [0, 0.05) is 11.6 Å². The number of carbonyl (C=O) groups excluding carboxylic acids is 1. The number of hydrogen-bond donors (Lipinski definition) is 0. The maximum atomic E-state index is 12.0. The first kappa shape index (κ1) is 14.2. The number of benzene rings is 1. The highest BCUT2D eigenvalue weighted by Crippen LogP contribution is 2.34. The minimum Gasteiger partial charge on any atom is -0.469 e. The molecule has 1 aromatic carbocycles. The van der Waals surface area contributed by atoms with Crippen molar-refractivity contribution in [1.82, 2.24) is 0 Å². The SMILES string of the molecule is COC(=O)[C@H](CC1=CCCC1)c1ccccc1[N+](=O)[O-]. The second-order valence-corrected chi connectivity index (χ2v) is 4.85. The maximum absolute atomic E-state index is 12.0. The Hall–Kier alpha value is -2.17. The Labute approximate surface area is 117 Å². The molecule has 0 radical (unpaired) electrons. The number of nitro groups is 1. The molecule has 0 unspecified atom stereocenters. The third kappa shape index (κ3) is 3.04. The van der Waals surface area contributed by atoms with E-state index in [1.54, 1.807) is 18.2 Å². The molecule has 1 atom stereocenters. The summed E-state index contributed by atoms with van der Waals surface area (Å²) in [4.78, 5) is 22.7. The van der Waals surface area contributed by atoms with Crippen molar-refractivity contribution in [2.24, 2.45) is 0 Å². The molecule has 1 aromatic rings. The van der Waals surface area contributed by atoms with Gasteiger partial charge >= 0.3 is 5.97 Å². The predicted molar refractivity (Wildman–Crippen MR) is 74.4 cm³/mol. The quantitative estimate of drug-likeness (QED) is 0.357. The van der Waals surface area contributed by atoms with Gasteiger partial charge in [0.15, 0.2) is 0 Å². The van der Waals surface area contributed by atoms with Crippen LogP contribution in [0.15, 0.2) is 35.9 Å². The zero-order valence-electron chi connectivity index (χ0n) is 11.4. The molecule has 0 saturated carbocycles. The van der Waals surface area contributed by atoms with Crippen LogP contribution in [0.4, 0.5) is 5.69 Å². The van der Waals surface area contributed by atoms with E-state index in [2.05, 4.69) is 6.08 Å². The van der Waals surface area contributed by atoms with E-state index >= 15 is 0 Å². The Balaban J connectivity index is 2.35. The fourth-order valence-corrected chi connectivity index (χ4v) is 2.60.